The van der Waals surface area contributed by atoms with Crippen molar-refractivity contribution in [1.82, 2.24) is 4.90 Å². The topological polar surface area (TPSA) is 79.2 Å². The minimum atomic E-state index is -1.02. The Morgan fingerprint density at radius 2 is 2.10 bits per heavy atom. The van der Waals surface area contributed by atoms with E-state index in [2.05, 4.69) is 20.9 Å². The van der Waals surface area contributed by atoms with Gasteiger partial charge in [0.25, 0.3) is 5.91 Å². The number of benzene rings is 2. The molecule has 0 unspecified atom stereocenters. The van der Waals surface area contributed by atoms with Gasteiger partial charge >= 0.3 is 5.97 Å². The van der Waals surface area contributed by atoms with Crippen molar-refractivity contribution in [3.05, 3.63) is 63.0 Å². The predicted octanol–water partition coefficient (Wildman–Crippen LogP) is 5.17. The van der Waals surface area contributed by atoms with E-state index in [4.69, 9.17) is 9.84 Å². The number of aromatic carboxylic acids is 1. The molecule has 1 aliphatic rings. The number of thioether (sulfide) groups is 1. The van der Waals surface area contributed by atoms with E-state index in [-0.39, 0.29) is 11.5 Å². The number of nitrogens with zero attached hydrogens (tertiary/aromatic N) is 2. The number of hydrogen-bond donors (Lipinski definition) is 1. The van der Waals surface area contributed by atoms with E-state index in [1.807, 2.05) is 25.1 Å². The highest BCUT2D eigenvalue weighted by molar-refractivity contribution is 9.10. The number of amidine groups is 1. The van der Waals surface area contributed by atoms with Gasteiger partial charge in [0.05, 0.1) is 22.8 Å². The van der Waals surface area contributed by atoms with Crippen molar-refractivity contribution in [2.75, 3.05) is 13.7 Å². The summed E-state index contributed by atoms with van der Waals surface area (Å²) in [5.41, 5.74) is 1.42. The zero-order valence-electron chi connectivity index (χ0n) is 15.9. The normalized spacial score (nSPS) is 16.7. The maximum Gasteiger partial charge on any atom is 0.335 e. The molecule has 0 aliphatic carbocycles. The van der Waals surface area contributed by atoms with Crippen molar-refractivity contribution in [2.24, 2.45) is 4.99 Å². The first kappa shape index (κ1) is 21.1. The van der Waals surface area contributed by atoms with E-state index in [1.165, 1.54) is 28.8 Å². The molecular weight excluding hydrogens is 456 g/mol. The van der Waals surface area contributed by atoms with Crippen LogP contribution in [0.5, 0.6) is 5.75 Å². The number of carbonyl (C=O) groups excluding carboxylic acids is 1. The highest BCUT2D eigenvalue weighted by Gasteiger charge is 2.30. The number of rotatable bonds is 6. The summed E-state index contributed by atoms with van der Waals surface area (Å²) in [6.45, 7) is 2.62. The van der Waals surface area contributed by atoms with Gasteiger partial charge in [0.15, 0.2) is 5.17 Å². The molecule has 0 atom stereocenters. The average Bonchev–Trinajstić information content (AvgIpc) is 2.95. The maximum atomic E-state index is 12.7. The molecule has 0 aromatic heterocycles. The standard InChI is InChI=1S/C21H19BrN2O4S/c1-3-9-28-17-8-7-15(22)10-14(17)12-18-19(25)24(2)21(29-18)23-16-6-4-5-13(11-16)20(26)27/h4-8,10-12H,3,9H2,1-2H3,(H,26,27)/b18-12+,23-21?. The van der Waals surface area contributed by atoms with E-state index in [0.717, 1.165) is 16.5 Å². The summed E-state index contributed by atoms with van der Waals surface area (Å²) in [6.07, 6.45) is 2.67. The molecule has 0 radical (unpaired) electrons. The van der Waals surface area contributed by atoms with Crippen molar-refractivity contribution in [3.63, 3.8) is 0 Å². The van der Waals surface area contributed by atoms with Crippen LogP contribution >= 0.6 is 27.7 Å². The second kappa shape index (κ2) is 9.28. The molecule has 8 heteroatoms. The van der Waals surface area contributed by atoms with Gasteiger partial charge in [-0.25, -0.2) is 9.79 Å². The average molecular weight is 475 g/mol. The van der Waals surface area contributed by atoms with Crippen LogP contribution in [0.1, 0.15) is 29.3 Å². The van der Waals surface area contributed by atoms with Crippen LogP contribution in [0, 0.1) is 0 Å². The van der Waals surface area contributed by atoms with Gasteiger partial charge in [-0.1, -0.05) is 28.9 Å². The zero-order chi connectivity index (χ0) is 21.0. The molecular formula is C21H19BrN2O4S. The molecule has 1 saturated heterocycles. The summed E-state index contributed by atoms with van der Waals surface area (Å²) < 4.78 is 6.67. The molecule has 0 bridgehead atoms. The van der Waals surface area contributed by atoms with Crippen molar-refractivity contribution in [3.8, 4) is 5.75 Å². The molecule has 6 nitrogen and oxygen atoms in total. The van der Waals surface area contributed by atoms with Crippen LogP contribution in [0.3, 0.4) is 0 Å². The van der Waals surface area contributed by atoms with Crippen LogP contribution < -0.4 is 4.74 Å². The van der Waals surface area contributed by atoms with Crippen molar-refractivity contribution < 1.29 is 19.4 Å². The van der Waals surface area contributed by atoms with Gasteiger partial charge < -0.3 is 9.84 Å². The lowest BCUT2D eigenvalue weighted by molar-refractivity contribution is -0.121. The van der Waals surface area contributed by atoms with Gasteiger partial charge in [-0.2, -0.15) is 0 Å². The highest BCUT2D eigenvalue weighted by Crippen LogP contribution is 2.35. The van der Waals surface area contributed by atoms with E-state index in [9.17, 15) is 9.59 Å². The van der Waals surface area contributed by atoms with Crippen molar-refractivity contribution in [2.45, 2.75) is 13.3 Å². The third kappa shape index (κ3) is 5.07. The summed E-state index contributed by atoms with van der Waals surface area (Å²) in [5.74, 6) is -0.492. The number of halogens is 1. The summed E-state index contributed by atoms with van der Waals surface area (Å²) in [4.78, 5) is 30.3. The van der Waals surface area contributed by atoms with E-state index in [1.54, 1.807) is 25.3 Å². The van der Waals surface area contributed by atoms with Gasteiger partial charge in [0.2, 0.25) is 0 Å². The second-order valence-electron chi connectivity index (χ2n) is 6.26. The van der Waals surface area contributed by atoms with Crippen LogP contribution in [0.4, 0.5) is 5.69 Å². The Morgan fingerprint density at radius 1 is 1.31 bits per heavy atom. The van der Waals surface area contributed by atoms with Gasteiger partial charge in [-0.05, 0) is 60.7 Å². The van der Waals surface area contributed by atoms with Crippen molar-refractivity contribution >= 4 is 56.5 Å². The molecule has 0 saturated carbocycles. The minimum Gasteiger partial charge on any atom is -0.493 e. The maximum absolute atomic E-state index is 12.7. The lowest BCUT2D eigenvalue weighted by Crippen LogP contribution is -2.23. The summed E-state index contributed by atoms with van der Waals surface area (Å²) in [6, 6.07) is 12.0. The second-order valence-corrected chi connectivity index (χ2v) is 8.18. The number of carboxylic acids is 1. The van der Waals surface area contributed by atoms with Crippen molar-refractivity contribution in [1.29, 1.82) is 0 Å². The molecule has 2 aromatic rings. The van der Waals surface area contributed by atoms with E-state index >= 15 is 0 Å². The Hall–Kier alpha value is -2.58. The smallest absolute Gasteiger partial charge is 0.335 e. The summed E-state index contributed by atoms with van der Waals surface area (Å²) in [7, 11) is 1.64. The fourth-order valence-corrected chi connectivity index (χ4v) is 3.94. The number of carboxylic acid groups (broad SMARTS) is 1. The Labute approximate surface area is 181 Å². The fourth-order valence-electron chi connectivity index (χ4n) is 2.59. The monoisotopic (exact) mass is 474 g/mol. The molecule has 1 heterocycles. The third-order valence-corrected chi connectivity index (χ3v) is 5.59. The molecule has 1 fully saturated rings. The van der Waals surface area contributed by atoms with Gasteiger partial charge in [-0.15, -0.1) is 0 Å². The fraction of sp³-hybridized carbons (Fsp3) is 0.190. The molecule has 29 heavy (non-hydrogen) atoms. The quantitative estimate of drug-likeness (QED) is 0.584. The van der Waals surface area contributed by atoms with Crippen LogP contribution in [0.15, 0.2) is 56.8 Å². The first-order valence-corrected chi connectivity index (χ1v) is 10.5. The summed E-state index contributed by atoms with van der Waals surface area (Å²) >= 11 is 4.70. The number of ether oxygens (including phenoxy) is 1. The molecule has 150 valence electrons. The minimum absolute atomic E-state index is 0.145. The Balaban J connectivity index is 1.92. The van der Waals surface area contributed by atoms with Crippen LogP contribution in [0.2, 0.25) is 0 Å². The number of likely N-dealkylation sites (N-methyl/N-ethyl adjacent to an activating group) is 1. The summed E-state index contributed by atoms with van der Waals surface area (Å²) in [5, 5.41) is 9.62. The Bertz CT molecular complexity index is 1020. The largest absolute Gasteiger partial charge is 0.493 e. The highest BCUT2D eigenvalue weighted by atomic mass is 79.9. The van der Waals surface area contributed by atoms with E-state index in [0.29, 0.717) is 28.1 Å². The molecule has 1 amide bonds. The van der Waals surface area contributed by atoms with Crippen LogP contribution in [-0.4, -0.2) is 40.7 Å². The predicted molar refractivity (Wildman–Crippen MR) is 119 cm³/mol. The molecule has 2 aromatic carbocycles. The number of carbonyl (C=O) groups is 2. The Kier molecular flexibility index (Phi) is 6.76. The number of hydrogen-bond acceptors (Lipinski definition) is 5. The first-order valence-electron chi connectivity index (χ1n) is 8.91. The molecule has 1 N–H and O–H groups in total. The number of aliphatic imine (C=N–C) groups is 1. The van der Waals surface area contributed by atoms with Gasteiger partial charge in [0.1, 0.15) is 5.75 Å². The van der Waals surface area contributed by atoms with Gasteiger partial charge in [0, 0.05) is 17.1 Å². The van der Waals surface area contributed by atoms with Crippen LogP contribution in [-0.2, 0) is 4.79 Å². The molecule has 1 aliphatic heterocycles. The third-order valence-electron chi connectivity index (χ3n) is 4.04. The van der Waals surface area contributed by atoms with E-state index < -0.39 is 5.97 Å². The zero-order valence-corrected chi connectivity index (χ0v) is 18.3. The SMILES string of the molecule is CCCOc1ccc(Br)cc1/C=C1/SC(=Nc2cccc(C(=O)O)c2)N(C)C1=O. The number of amides is 1. The first-order chi connectivity index (χ1) is 13.9. The molecule has 3 rings (SSSR count). The van der Waals surface area contributed by atoms with Crippen LogP contribution in [0.25, 0.3) is 6.08 Å². The lowest BCUT2D eigenvalue weighted by Gasteiger charge is -2.09. The lowest BCUT2D eigenvalue weighted by atomic mass is 10.2. The van der Waals surface area contributed by atoms with Gasteiger partial charge in [-0.3, -0.25) is 9.69 Å². The molecule has 0 spiro atoms. The Morgan fingerprint density at radius 3 is 2.83 bits per heavy atom.